The summed E-state index contributed by atoms with van der Waals surface area (Å²) in [6, 6.07) is 5.80. The summed E-state index contributed by atoms with van der Waals surface area (Å²) in [6.45, 7) is 3.35. The summed E-state index contributed by atoms with van der Waals surface area (Å²) < 4.78 is 5.43. The minimum Gasteiger partial charge on any atom is -0.493 e. The molecule has 0 bridgehead atoms. The summed E-state index contributed by atoms with van der Waals surface area (Å²) in [6.07, 6.45) is 1.17. The fourth-order valence-electron chi connectivity index (χ4n) is 2.33. The molecule has 1 aromatic rings. The van der Waals surface area contributed by atoms with E-state index in [2.05, 4.69) is 0 Å². The van der Waals surface area contributed by atoms with Crippen molar-refractivity contribution in [3.05, 3.63) is 29.3 Å². The average molecular weight is 277 g/mol. The van der Waals surface area contributed by atoms with Gasteiger partial charge in [-0.1, -0.05) is 12.1 Å². The van der Waals surface area contributed by atoms with Crippen LogP contribution in [0, 0.1) is 0 Å². The molecule has 1 aromatic carbocycles. The zero-order chi connectivity index (χ0) is 14.5. The molecule has 1 aliphatic rings. The predicted octanol–water partition coefficient (Wildman–Crippen LogP) is 1.49. The van der Waals surface area contributed by atoms with Gasteiger partial charge in [0.25, 0.3) is 0 Å². The molecule has 1 aliphatic heterocycles. The molecular weight excluding hydrogens is 258 g/mol. The highest BCUT2D eigenvalue weighted by Crippen LogP contribution is 2.26. The normalized spacial score (nSPS) is 12.7. The highest BCUT2D eigenvalue weighted by atomic mass is 16.5. The van der Waals surface area contributed by atoms with Crippen LogP contribution in [0.2, 0.25) is 0 Å². The molecule has 0 fully saturated rings. The van der Waals surface area contributed by atoms with Crippen LogP contribution in [0.5, 0.6) is 5.75 Å². The number of hydrogen-bond donors (Lipinski definition) is 1. The van der Waals surface area contributed by atoms with Crippen LogP contribution in [0.1, 0.15) is 24.5 Å². The number of ether oxygens (including phenoxy) is 1. The fraction of sp³-hybridized carbons (Fsp3) is 0.467. The summed E-state index contributed by atoms with van der Waals surface area (Å²) in [4.78, 5) is 24.3. The van der Waals surface area contributed by atoms with Gasteiger partial charge >= 0.3 is 5.97 Å². The first-order chi connectivity index (χ1) is 9.60. The second-order valence-corrected chi connectivity index (χ2v) is 4.83. The van der Waals surface area contributed by atoms with Crippen molar-refractivity contribution >= 4 is 11.9 Å². The number of carboxylic acid groups (broad SMARTS) is 1. The second-order valence-electron chi connectivity index (χ2n) is 4.83. The van der Waals surface area contributed by atoms with Gasteiger partial charge in [0.15, 0.2) is 0 Å². The molecule has 2 rings (SSSR count). The molecule has 1 N–H and O–H groups in total. The third-order valence-electron chi connectivity index (χ3n) is 3.44. The van der Waals surface area contributed by atoms with Gasteiger partial charge in [0.2, 0.25) is 5.91 Å². The molecule has 0 spiro atoms. The van der Waals surface area contributed by atoms with Crippen molar-refractivity contribution in [1.82, 2.24) is 4.90 Å². The fourth-order valence-corrected chi connectivity index (χ4v) is 2.33. The molecule has 5 nitrogen and oxygen atoms in total. The van der Waals surface area contributed by atoms with Crippen LogP contribution in [0.4, 0.5) is 0 Å². The number of nitrogens with zero attached hydrogens (tertiary/aromatic N) is 1. The van der Waals surface area contributed by atoms with Gasteiger partial charge in [-0.3, -0.25) is 9.59 Å². The van der Waals surface area contributed by atoms with Gasteiger partial charge in [0, 0.05) is 19.5 Å². The molecule has 0 saturated carbocycles. The Morgan fingerprint density at radius 2 is 2.20 bits per heavy atom. The van der Waals surface area contributed by atoms with Crippen LogP contribution in [0.3, 0.4) is 0 Å². The first-order valence-electron chi connectivity index (χ1n) is 6.84. The standard InChI is InChI=1S/C15H19NO4/c1-2-16(7-5-15(18)19)14(17)10-11-3-4-13-12(9-11)6-8-20-13/h3-4,9H,2,5-8,10H2,1H3,(H,18,19). The Labute approximate surface area is 118 Å². The molecular formula is C15H19NO4. The van der Waals surface area contributed by atoms with Crippen molar-refractivity contribution in [2.45, 2.75) is 26.2 Å². The first-order valence-corrected chi connectivity index (χ1v) is 6.84. The van der Waals surface area contributed by atoms with Crippen molar-refractivity contribution < 1.29 is 19.4 Å². The Hall–Kier alpha value is -2.04. The number of carbonyl (C=O) groups is 2. The van der Waals surface area contributed by atoms with Gasteiger partial charge in [-0.05, 0) is 24.1 Å². The van der Waals surface area contributed by atoms with Crippen LogP contribution in [-0.2, 0) is 22.4 Å². The monoisotopic (exact) mass is 277 g/mol. The van der Waals surface area contributed by atoms with E-state index in [1.165, 1.54) is 0 Å². The van der Waals surface area contributed by atoms with Gasteiger partial charge in [0.05, 0.1) is 19.4 Å². The van der Waals surface area contributed by atoms with Gasteiger partial charge < -0.3 is 14.7 Å². The van der Waals surface area contributed by atoms with Crippen molar-refractivity contribution in [1.29, 1.82) is 0 Å². The Kier molecular flexibility index (Phi) is 4.61. The van der Waals surface area contributed by atoms with Gasteiger partial charge in [0.1, 0.15) is 5.75 Å². The molecule has 0 radical (unpaired) electrons. The van der Waals surface area contributed by atoms with E-state index in [0.29, 0.717) is 19.6 Å². The van der Waals surface area contributed by atoms with E-state index in [1.807, 2.05) is 25.1 Å². The lowest BCUT2D eigenvalue weighted by Gasteiger charge is -2.20. The van der Waals surface area contributed by atoms with Crippen molar-refractivity contribution in [3.63, 3.8) is 0 Å². The molecule has 5 heteroatoms. The van der Waals surface area contributed by atoms with Gasteiger partial charge in [-0.2, -0.15) is 0 Å². The smallest absolute Gasteiger partial charge is 0.305 e. The maximum absolute atomic E-state index is 12.2. The first kappa shape index (κ1) is 14.4. The van der Waals surface area contributed by atoms with Gasteiger partial charge in [-0.25, -0.2) is 0 Å². The summed E-state index contributed by atoms with van der Waals surface area (Å²) in [7, 11) is 0. The van der Waals surface area contributed by atoms with Crippen LogP contribution in [0.25, 0.3) is 0 Å². The lowest BCUT2D eigenvalue weighted by molar-refractivity contribution is -0.138. The molecule has 0 aromatic heterocycles. The van der Waals surface area contributed by atoms with E-state index in [-0.39, 0.29) is 18.9 Å². The maximum Gasteiger partial charge on any atom is 0.305 e. The van der Waals surface area contributed by atoms with E-state index in [0.717, 1.165) is 23.3 Å². The summed E-state index contributed by atoms with van der Waals surface area (Å²) in [5.74, 6) is -0.0158. The Morgan fingerprint density at radius 1 is 1.40 bits per heavy atom. The van der Waals surface area contributed by atoms with E-state index >= 15 is 0 Å². The van der Waals surface area contributed by atoms with E-state index in [4.69, 9.17) is 9.84 Å². The number of fused-ring (bicyclic) bond motifs is 1. The quantitative estimate of drug-likeness (QED) is 0.855. The molecule has 0 aliphatic carbocycles. The number of rotatable bonds is 6. The van der Waals surface area contributed by atoms with E-state index in [1.54, 1.807) is 4.90 Å². The maximum atomic E-state index is 12.2. The molecule has 1 amide bonds. The number of carboxylic acids is 1. The van der Waals surface area contributed by atoms with Crippen molar-refractivity contribution in [2.75, 3.05) is 19.7 Å². The SMILES string of the molecule is CCN(CCC(=O)O)C(=O)Cc1ccc2c(c1)CCO2. The molecule has 108 valence electrons. The number of likely N-dealkylation sites (N-methyl/N-ethyl adjacent to an activating group) is 1. The second kappa shape index (κ2) is 6.41. The summed E-state index contributed by atoms with van der Waals surface area (Å²) in [5, 5.41) is 8.68. The number of amides is 1. The number of hydrogen-bond acceptors (Lipinski definition) is 3. The van der Waals surface area contributed by atoms with Gasteiger partial charge in [-0.15, -0.1) is 0 Å². The minimum absolute atomic E-state index is 0.0163. The molecule has 0 unspecified atom stereocenters. The lowest BCUT2D eigenvalue weighted by atomic mass is 10.1. The number of benzene rings is 1. The van der Waals surface area contributed by atoms with E-state index in [9.17, 15) is 9.59 Å². The number of aliphatic carboxylic acids is 1. The third-order valence-corrected chi connectivity index (χ3v) is 3.44. The molecule has 0 atom stereocenters. The Balaban J connectivity index is 1.97. The molecule has 20 heavy (non-hydrogen) atoms. The molecule has 0 saturated heterocycles. The summed E-state index contributed by atoms with van der Waals surface area (Å²) in [5.41, 5.74) is 2.09. The third kappa shape index (κ3) is 3.50. The Morgan fingerprint density at radius 3 is 2.90 bits per heavy atom. The predicted molar refractivity (Wildman–Crippen MR) is 73.9 cm³/mol. The van der Waals surface area contributed by atoms with Crippen LogP contribution >= 0.6 is 0 Å². The minimum atomic E-state index is -0.883. The van der Waals surface area contributed by atoms with Crippen LogP contribution < -0.4 is 4.74 Å². The summed E-state index contributed by atoms with van der Waals surface area (Å²) >= 11 is 0. The zero-order valence-electron chi connectivity index (χ0n) is 11.6. The number of carbonyl (C=O) groups excluding carboxylic acids is 1. The highest BCUT2D eigenvalue weighted by Gasteiger charge is 2.16. The highest BCUT2D eigenvalue weighted by molar-refractivity contribution is 5.79. The van der Waals surface area contributed by atoms with E-state index < -0.39 is 5.97 Å². The topological polar surface area (TPSA) is 66.8 Å². The largest absolute Gasteiger partial charge is 0.493 e. The Bertz CT molecular complexity index is 513. The molecule has 1 heterocycles. The zero-order valence-corrected chi connectivity index (χ0v) is 11.6. The van der Waals surface area contributed by atoms with Crippen molar-refractivity contribution in [3.8, 4) is 5.75 Å². The van der Waals surface area contributed by atoms with Crippen LogP contribution in [-0.4, -0.2) is 41.6 Å². The van der Waals surface area contributed by atoms with Crippen LogP contribution in [0.15, 0.2) is 18.2 Å². The van der Waals surface area contributed by atoms with Crippen molar-refractivity contribution in [2.24, 2.45) is 0 Å². The average Bonchev–Trinajstić information content (AvgIpc) is 2.86. The lowest BCUT2D eigenvalue weighted by Crippen LogP contribution is -2.34.